The molecule has 1 aliphatic rings. The Balaban J connectivity index is 0.000000117. The molecule has 1 aliphatic heterocycles. The smallest absolute Gasteiger partial charge is 0.292 e. The van der Waals surface area contributed by atoms with E-state index < -0.39 is 0 Å². The Kier molecular flexibility index (Phi) is 11.2. The highest BCUT2D eigenvalue weighted by atomic mass is 16.5. The van der Waals surface area contributed by atoms with Crippen LogP contribution < -0.4 is 34.4 Å². The van der Waals surface area contributed by atoms with Crippen molar-refractivity contribution < 1.29 is 18.0 Å². The third-order valence-corrected chi connectivity index (χ3v) is 12.4. The molecule has 12 N–H and O–H groups in total. The zero-order chi connectivity index (χ0) is 49.9. The second-order valence-corrected chi connectivity index (χ2v) is 17.8. The molecule has 72 heavy (non-hydrogen) atoms. The Morgan fingerprint density at radius 2 is 1.03 bits per heavy atom. The summed E-state index contributed by atoms with van der Waals surface area (Å²) in [7, 11) is 0. The van der Waals surface area contributed by atoms with Crippen molar-refractivity contribution in [3.05, 3.63) is 85.5 Å². The summed E-state index contributed by atoms with van der Waals surface area (Å²) < 4.78 is 27.3. The number of oxazole rings is 3. The maximum atomic E-state index is 6.17. The lowest BCUT2D eigenvalue weighted by Crippen LogP contribution is -2.20. The van der Waals surface area contributed by atoms with Gasteiger partial charge in [-0.1, -0.05) is 0 Å². The Hall–Kier alpha value is -9.38. The molecule has 0 saturated carbocycles. The van der Waals surface area contributed by atoms with Crippen LogP contribution in [0.5, 0.6) is 0 Å². The van der Waals surface area contributed by atoms with Crippen molar-refractivity contribution in [3.63, 3.8) is 0 Å². The lowest BCUT2D eigenvalue weighted by molar-refractivity contribution is 0.0674. The van der Waals surface area contributed by atoms with Gasteiger partial charge in [0.05, 0.1) is 38.9 Å². The van der Waals surface area contributed by atoms with Gasteiger partial charge >= 0.3 is 0 Å². The first-order chi connectivity index (χ1) is 34.8. The molecule has 12 aromatic rings. The van der Waals surface area contributed by atoms with Gasteiger partial charge in [-0.15, -0.1) is 0 Å². The van der Waals surface area contributed by atoms with Crippen molar-refractivity contribution in [1.82, 2.24) is 64.2 Å². The zero-order valence-electron chi connectivity index (χ0n) is 39.6. The van der Waals surface area contributed by atoms with Gasteiger partial charge in [0.2, 0.25) is 0 Å². The third kappa shape index (κ3) is 8.05. The molecule has 1 saturated heterocycles. The van der Waals surface area contributed by atoms with Crippen LogP contribution in [0, 0.1) is 0 Å². The van der Waals surface area contributed by atoms with Crippen LogP contribution in [-0.4, -0.2) is 77.4 Å². The number of nitrogen functional groups attached to an aromatic ring is 6. The molecule has 0 spiro atoms. The molecule has 0 aliphatic carbocycles. The van der Waals surface area contributed by atoms with Crippen LogP contribution in [0.4, 0.5) is 35.5 Å². The number of nitrogens with two attached hydrogens (primary N) is 6. The number of aromatic nitrogens is 13. The first-order valence-electron chi connectivity index (χ1n) is 23.1. The average molecular weight is 968 g/mol. The van der Waals surface area contributed by atoms with E-state index in [1.54, 1.807) is 12.4 Å². The number of anilines is 6. The van der Waals surface area contributed by atoms with E-state index in [9.17, 15) is 0 Å². The highest BCUT2D eigenvalue weighted by molar-refractivity contribution is 6.03. The van der Waals surface area contributed by atoms with Gasteiger partial charge in [0.25, 0.3) is 18.0 Å². The maximum Gasteiger partial charge on any atom is 0.292 e. The topological polar surface area (TPSA) is 348 Å². The molecule has 0 amide bonds. The standard InChI is InChI=1S/C17H17N7O2.2C16H16N6O/c18-15-13-14(9-1-2-12-11(7-9)22-17(19)26-12)23-24(16(13)21-8-20-15)10-3-5-25-6-4-10;1-8(2)22-11-5-6-19-15(17)13(11)14(21-22)9-3-4-12-10(7-9)20-16(18)23-12;1-8(2)22-14(13-10(21-22)5-6-19-15(13)17)9-3-4-12-11(7-9)20-16(18)23-12/h1-2,7-8,10H,3-6H2,(H2,19,22)(H2,18,20,21);2*3-8H,1-2H3,(H2,17,19)(H2,18,20). The summed E-state index contributed by atoms with van der Waals surface area (Å²) in [4.78, 5) is 29.6. The number of fused-ring (bicyclic) bond motifs is 6. The highest BCUT2D eigenvalue weighted by Gasteiger charge is 2.25. The van der Waals surface area contributed by atoms with E-state index in [4.69, 9.17) is 62.6 Å². The van der Waals surface area contributed by atoms with Crippen molar-refractivity contribution in [2.45, 2.75) is 58.7 Å². The minimum atomic E-state index is 0.137. The fraction of sp³-hybridized carbons (Fsp3) is 0.224. The van der Waals surface area contributed by atoms with Crippen LogP contribution in [0.3, 0.4) is 0 Å². The number of hydrogen-bond acceptors (Lipinski definition) is 20. The van der Waals surface area contributed by atoms with Crippen LogP contribution in [0.15, 0.2) is 98.7 Å². The Bertz CT molecular complexity index is 3970. The Morgan fingerprint density at radius 1 is 0.514 bits per heavy atom. The second kappa shape index (κ2) is 17.9. The predicted molar refractivity (Wildman–Crippen MR) is 276 cm³/mol. The summed E-state index contributed by atoms with van der Waals surface area (Å²) in [6.07, 6.45) is 6.61. The van der Waals surface area contributed by atoms with Gasteiger partial charge in [-0.2, -0.15) is 30.2 Å². The summed E-state index contributed by atoms with van der Waals surface area (Å²) in [5.74, 6) is 1.33. The van der Waals surface area contributed by atoms with Gasteiger partial charge in [-0.3, -0.25) is 9.36 Å². The summed E-state index contributed by atoms with van der Waals surface area (Å²) in [6, 6.07) is 21.8. The van der Waals surface area contributed by atoms with E-state index in [1.807, 2.05) is 80.8 Å². The van der Waals surface area contributed by atoms with Crippen molar-refractivity contribution in [3.8, 4) is 33.8 Å². The van der Waals surface area contributed by atoms with Crippen LogP contribution in [-0.2, 0) is 4.74 Å². The van der Waals surface area contributed by atoms with Gasteiger partial charge in [0, 0.05) is 54.4 Å². The van der Waals surface area contributed by atoms with Gasteiger partial charge in [-0.25, -0.2) is 24.6 Å². The van der Waals surface area contributed by atoms with Crippen molar-refractivity contribution in [1.29, 1.82) is 0 Å². The van der Waals surface area contributed by atoms with E-state index in [0.29, 0.717) is 64.0 Å². The first-order valence-corrected chi connectivity index (χ1v) is 23.1. The average Bonchev–Trinajstić information content (AvgIpc) is 4.23. The van der Waals surface area contributed by atoms with Crippen molar-refractivity contribution in [2.24, 2.45) is 0 Å². The largest absolute Gasteiger partial charge is 0.424 e. The molecule has 3 aromatic carbocycles. The quantitative estimate of drug-likeness (QED) is 0.0915. The van der Waals surface area contributed by atoms with E-state index in [-0.39, 0.29) is 36.2 Å². The highest BCUT2D eigenvalue weighted by Crippen LogP contribution is 2.38. The maximum absolute atomic E-state index is 6.17. The molecule has 0 atom stereocenters. The molecule has 13 rings (SSSR count). The molecule has 364 valence electrons. The molecular formula is C49H49N19O4. The number of hydrogen-bond donors (Lipinski definition) is 6. The number of benzene rings is 3. The fourth-order valence-corrected chi connectivity index (χ4v) is 9.09. The predicted octanol–water partition coefficient (Wildman–Crippen LogP) is 8.12. The van der Waals surface area contributed by atoms with Crippen molar-refractivity contribution >= 4 is 102 Å². The van der Waals surface area contributed by atoms with E-state index in [0.717, 1.165) is 79.5 Å². The van der Waals surface area contributed by atoms with E-state index in [1.165, 1.54) is 6.33 Å². The minimum absolute atomic E-state index is 0.137. The monoisotopic (exact) mass is 967 g/mol. The number of rotatable bonds is 6. The molecule has 23 nitrogen and oxygen atoms in total. The third-order valence-electron chi connectivity index (χ3n) is 12.4. The van der Waals surface area contributed by atoms with Crippen LogP contribution in [0.2, 0.25) is 0 Å². The molecule has 0 bridgehead atoms. The van der Waals surface area contributed by atoms with Crippen LogP contribution in [0.25, 0.3) is 99.9 Å². The van der Waals surface area contributed by atoms with Crippen LogP contribution in [0.1, 0.15) is 58.7 Å². The number of nitrogens with zero attached hydrogens (tertiary/aromatic N) is 13. The second-order valence-electron chi connectivity index (χ2n) is 17.8. The molecule has 0 radical (unpaired) electrons. The summed E-state index contributed by atoms with van der Waals surface area (Å²) in [6.45, 7) is 9.73. The lowest BCUT2D eigenvalue weighted by Gasteiger charge is -2.22. The number of pyridine rings is 2. The molecule has 10 heterocycles. The number of ether oxygens (including phenoxy) is 1. The van der Waals surface area contributed by atoms with E-state index >= 15 is 0 Å². The Labute approximate surface area is 408 Å². The van der Waals surface area contributed by atoms with Gasteiger partial charge in [0.1, 0.15) is 51.7 Å². The molecule has 9 aromatic heterocycles. The van der Waals surface area contributed by atoms with Gasteiger partial charge < -0.3 is 52.4 Å². The summed E-state index contributed by atoms with van der Waals surface area (Å²) in [5.41, 5.74) is 46.9. The normalized spacial score (nSPS) is 13.2. The van der Waals surface area contributed by atoms with Crippen LogP contribution >= 0.6 is 0 Å². The van der Waals surface area contributed by atoms with Crippen molar-refractivity contribution in [2.75, 3.05) is 47.6 Å². The first kappa shape index (κ1) is 45.1. The summed E-state index contributed by atoms with van der Waals surface area (Å²) >= 11 is 0. The van der Waals surface area contributed by atoms with Gasteiger partial charge in [-0.05, 0) is 107 Å². The van der Waals surface area contributed by atoms with E-state index in [2.05, 4.69) is 67.7 Å². The minimum Gasteiger partial charge on any atom is -0.424 e. The molecular weight excluding hydrogens is 919 g/mol. The molecule has 1 fully saturated rings. The molecule has 0 unspecified atom stereocenters. The molecule has 23 heteroatoms. The lowest BCUT2D eigenvalue weighted by atomic mass is 10.1. The summed E-state index contributed by atoms with van der Waals surface area (Å²) in [5, 5.41) is 16.7. The SMILES string of the molecule is CC(C)n1nc(-c2ccc3oc(N)nc3c2)c2c(N)nccc21.CC(C)n1nc2ccnc(N)c2c1-c1ccc2oc(N)nc2c1.Nc1nc2cc(-c3nn(C4CCOCC4)c4ncnc(N)c34)ccc2o1. The van der Waals surface area contributed by atoms with Gasteiger partial charge in [0.15, 0.2) is 22.4 Å². The zero-order valence-corrected chi connectivity index (χ0v) is 39.6. The Morgan fingerprint density at radius 3 is 1.61 bits per heavy atom. The fourth-order valence-electron chi connectivity index (χ4n) is 9.09.